The second kappa shape index (κ2) is 7.70. The number of hydrogen-bond donors (Lipinski definition) is 2. The number of nitrogens with zero attached hydrogens (tertiary/aromatic N) is 1. The average molecular weight is 272 g/mol. The smallest absolute Gasteiger partial charge is 0.407 e. The molecule has 5 nitrogen and oxygen atoms in total. The number of carbonyl (C=O) groups excluding carboxylic acids is 1. The van der Waals surface area contributed by atoms with Crippen LogP contribution >= 0.6 is 0 Å². The fraction of sp³-hybridized carbons (Fsp3) is 0.929. The van der Waals surface area contributed by atoms with Crippen molar-refractivity contribution in [2.45, 2.75) is 45.6 Å². The lowest BCUT2D eigenvalue weighted by molar-refractivity contribution is 0.0506. The van der Waals surface area contributed by atoms with E-state index in [4.69, 9.17) is 9.84 Å². The molecular weight excluding hydrogens is 244 g/mol. The molecule has 0 aromatic heterocycles. The molecule has 0 bridgehead atoms. The standard InChI is InChI=1S/C14H28N2O3/c1-14(2,3)19-13(18)15-10-12-6-4-7-16(11-12)8-5-9-17/h12,17H,4-11H2,1-3H3,(H,15,18). The third-order valence-electron chi connectivity index (χ3n) is 3.17. The summed E-state index contributed by atoms with van der Waals surface area (Å²) in [5.41, 5.74) is -0.441. The van der Waals surface area contributed by atoms with Crippen LogP contribution in [0.25, 0.3) is 0 Å². The molecule has 0 aromatic rings. The van der Waals surface area contributed by atoms with E-state index < -0.39 is 5.60 Å². The van der Waals surface area contributed by atoms with Gasteiger partial charge < -0.3 is 20.1 Å². The quantitative estimate of drug-likeness (QED) is 0.798. The number of aliphatic hydroxyl groups excluding tert-OH is 1. The van der Waals surface area contributed by atoms with Crippen molar-refractivity contribution in [3.63, 3.8) is 0 Å². The Hall–Kier alpha value is -0.810. The minimum absolute atomic E-state index is 0.247. The lowest BCUT2D eigenvalue weighted by Crippen LogP contribution is -2.42. The summed E-state index contributed by atoms with van der Waals surface area (Å²) < 4.78 is 5.22. The molecule has 1 unspecified atom stereocenters. The highest BCUT2D eigenvalue weighted by molar-refractivity contribution is 5.67. The van der Waals surface area contributed by atoms with E-state index in [1.54, 1.807) is 0 Å². The van der Waals surface area contributed by atoms with Crippen molar-refractivity contribution < 1.29 is 14.6 Å². The zero-order chi connectivity index (χ0) is 14.3. The molecule has 19 heavy (non-hydrogen) atoms. The minimum atomic E-state index is -0.441. The first-order valence-corrected chi connectivity index (χ1v) is 7.21. The van der Waals surface area contributed by atoms with Gasteiger partial charge in [-0.15, -0.1) is 0 Å². The summed E-state index contributed by atoms with van der Waals surface area (Å²) in [6, 6.07) is 0. The summed E-state index contributed by atoms with van der Waals surface area (Å²) >= 11 is 0. The number of rotatable bonds is 5. The van der Waals surface area contributed by atoms with Gasteiger partial charge in [0.1, 0.15) is 5.60 Å². The van der Waals surface area contributed by atoms with Gasteiger partial charge in [0.05, 0.1) is 0 Å². The fourth-order valence-electron chi connectivity index (χ4n) is 2.36. The summed E-state index contributed by atoms with van der Waals surface area (Å²) in [4.78, 5) is 13.9. The third-order valence-corrected chi connectivity index (χ3v) is 3.17. The van der Waals surface area contributed by atoms with Crippen LogP contribution in [0.1, 0.15) is 40.0 Å². The largest absolute Gasteiger partial charge is 0.444 e. The summed E-state index contributed by atoms with van der Waals surface area (Å²) in [6.45, 7) is 9.55. The van der Waals surface area contributed by atoms with Gasteiger partial charge in [0.15, 0.2) is 0 Å². The normalized spacial score (nSPS) is 21.2. The van der Waals surface area contributed by atoms with Gasteiger partial charge in [-0.05, 0) is 52.5 Å². The molecule has 1 rings (SSSR count). The van der Waals surface area contributed by atoms with Crippen LogP contribution < -0.4 is 5.32 Å². The predicted molar refractivity (Wildman–Crippen MR) is 75.1 cm³/mol. The number of aliphatic hydroxyl groups is 1. The van der Waals surface area contributed by atoms with Crippen molar-refractivity contribution in [1.29, 1.82) is 0 Å². The maximum absolute atomic E-state index is 11.6. The number of carbonyl (C=O) groups is 1. The SMILES string of the molecule is CC(C)(C)OC(=O)NCC1CCCN(CCCO)C1. The van der Waals surface area contributed by atoms with E-state index in [-0.39, 0.29) is 12.7 Å². The van der Waals surface area contributed by atoms with Crippen molar-refractivity contribution in [1.82, 2.24) is 10.2 Å². The molecule has 1 heterocycles. The molecule has 1 aliphatic rings. The molecule has 0 saturated carbocycles. The van der Waals surface area contributed by atoms with Gasteiger partial charge in [-0.3, -0.25) is 0 Å². The van der Waals surface area contributed by atoms with Gasteiger partial charge in [-0.2, -0.15) is 0 Å². The van der Waals surface area contributed by atoms with E-state index >= 15 is 0 Å². The second-order valence-corrected chi connectivity index (χ2v) is 6.27. The molecule has 0 spiro atoms. The number of ether oxygens (including phenoxy) is 1. The van der Waals surface area contributed by atoms with E-state index in [1.165, 1.54) is 0 Å². The van der Waals surface area contributed by atoms with Crippen LogP contribution in [-0.2, 0) is 4.74 Å². The van der Waals surface area contributed by atoms with Crippen LogP contribution in [0.4, 0.5) is 4.79 Å². The summed E-state index contributed by atoms with van der Waals surface area (Å²) in [7, 11) is 0. The fourth-order valence-corrected chi connectivity index (χ4v) is 2.36. The summed E-state index contributed by atoms with van der Waals surface area (Å²) in [5.74, 6) is 0.486. The van der Waals surface area contributed by atoms with E-state index in [0.29, 0.717) is 12.5 Å². The Balaban J connectivity index is 2.23. The van der Waals surface area contributed by atoms with Gasteiger partial charge in [-0.1, -0.05) is 0 Å². The maximum atomic E-state index is 11.6. The van der Waals surface area contributed by atoms with Crippen molar-refractivity contribution in [3.05, 3.63) is 0 Å². The molecule has 1 saturated heterocycles. The van der Waals surface area contributed by atoms with Crippen LogP contribution in [0.15, 0.2) is 0 Å². The van der Waals surface area contributed by atoms with Crippen LogP contribution in [0.5, 0.6) is 0 Å². The van der Waals surface area contributed by atoms with Crippen molar-refractivity contribution in [2.24, 2.45) is 5.92 Å². The molecule has 0 radical (unpaired) electrons. The first kappa shape index (κ1) is 16.2. The lowest BCUT2D eigenvalue weighted by Gasteiger charge is -2.32. The second-order valence-electron chi connectivity index (χ2n) is 6.27. The van der Waals surface area contributed by atoms with Crippen LogP contribution in [0.3, 0.4) is 0 Å². The first-order chi connectivity index (χ1) is 8.90. The highest BCUT2D eigenvalue weighted by Gasteiger charge is 2.21. The van der Waals surface area contributed by atoms with Crippen molar-refractivity contribution >= 4 is 6.09 Å². The Kier molecular flexibility index (Phi) is 6.58. The minimum Gasteiger partial charge on any atom is -0.444 e. The Bertz CT molecular complexity index is 276. The number of likely N-dealkylation sites (tertiary alicyclic amines) is 1. The molecule has 5 heteroatoms. The zero-order valence-corrected chi connectivity index (χ0v) is 12.4. The van der Waals surface area contributed by atoms with Crippen molar-refractivity contribution in [2.75, 3.05) is 32.8 Å². The summed E-state index contributed by atoms with van der Waals surface area (Å²) in [6.07, 6.45) is 2.80. The maximum Gasteiger partial charge on any atom is 0.407 e. The number of alkyl carbamates (subject to hydrolysis) is 1. The molecule has 112 valence electrons. The predicted octanol–water partition coefficient (Wildman–Crippen LogP) is 1.61. The van der Waals surface area contributed by atoms with Gasteiger partial charge >= 0.3 is 6.09 Å². The molecule has 1 fully saturated rings. The lowest BCUT2D eigenvalue weighted by atomic mass is 9.98. The van der Waals surface area contributed by atoms with E-state index in [1.807, 2.05) is 20.8 Å². The van der Waals surface area contributed by atoms with Crippen LogP contribution in [-0.4, -0.2) is 54.5 Å². The molecule has 1 amide bonds. The Morgan fingerprint density at radius 3 is 2.84 bits per heavy atom. The van der Waals surface area contributed by atoms with Crippen LogP contribution in [0, 0.1) is 5.92 Å². The van der Waals surface area contributed by atoms with Crippen molar-refractivity contribution in [3.8, 4) is 0 Å². The topological polar surface area (TPSA) is 61.8 Å². The van der Waals surface area contributed by atoms with Gasteiger partial charge in [0.25, 0.3) is 0 Å². The Morgan fingerprint density at radius 2 is 2.21 bits per heavy atom. The van der Waals surface area contributed by atoms with Gasteiger partial charge in [-0.25, -0.2) is 4.79 Å². The molecule has 0 aromatic carbocycles. The Labute approximate surface area is 116 Å². The molecule has 0 aliphatic carbocycles. The third kappa shape index (κ3) is 7.38. The van der Waals surface area contributed by atoms with Gasteiger partial charge in [0.2, 0.25) is 0 Å². The van der Waals surface area contributed by atoms with Gasteiger partial charge in [0, 0.05) is 26.2 Å². The molecule has 2 N–H and O–H groups in total. The highest BCUT2D eigenvalue weighted by Crippen LogP contribution is 2.16. The average Bonchev–Trinajstić information content (AvgIpc) is 2.32. The highest BCUT2D eigenvalue weighted by atomic mass is 16.6. The first-order valence-electron chi connectivity index (χ1n) is 7.21. The summed E-state index contributed by atoms with van der Waals surface area (Å²) in [5, 5.41) is 11.7. The number of piperidine rings is 1. The van der Waals surface area contributed by atoms with Crippen LogP contribution in [0.2, 0.25) is 0 Å². The molecule has 1 aliphatic heterocycles. The van der Waals surface area contributed by atoms with E-state index in [0.717, 1.165) is 38.9 Å². The molecule has 1 atom stereocenters. The Morgan fingerprint density at radius 1 is 1.47 bits per heavy atom. The van der Waals surface area contributed by atoms with E-state index in [9.17, 15) is 4.79 Å². The zero-order valence-electron chi connectivity index (χ0n) is 12.4. The number of amides is 1. The number of hydrogen-bond acceptors (Lipinski definition) is 4. The van der Waals surface area contributed by atoms with E-state index in [2.05, 4.69) is 10.2 Å². The molecular formula is C14H28N2O3. The number of nitrogens with one attached hydrogen (secondary N) is 1. The monoisotopic (exact) mass is 272 g/mol.